The molecule has 152 valence electrons. The molecule has 0 saturated heterocycles. The molecule has 6 rings (SSSR count). The quantitative estimate of drug-likeness (QED) is 0.695. The maximum Gasteiger partial charge on any atom is 0.234 e. The number of hydrogen-bond donors (Lipinski definition) is 1. The molecule has 4 nitrogen and oxygen atoms in total. The lowest BCUT2D eigenvalue weighted by Crippen LogP contribution is -2.49. The largest absolute Gasteiger partial charge is 0.393 e. The van der Waals surface area contributed by atoms with Gasteiger partial charge in [0.1, 0.15) is 0 Å². The fourth-order valence-electron chi connectivity index (χ4n) is 7.63. The SMILES string of the molecule is CC12CCC3C(CC=C4C[C@@H](O)CC[C@@]43C)C1CC=C2c1cnc2ncccn12. The Morgan fingerprint density at radius 2 is 1.90 bits per heavy atom. The molecule has 0 aliphatic heterocycles. The molecule has 2 fully saturated rings. The van der Waals surface area contributed by atoms with Gasteiger partial charge < -0.3 is 5.11 Å². The van der Waals surface area contributed by atoms with Crippen LogP contribution in [-0.4, -0.2) is 25.6 Å². The first-order chi connectivity index (χ1) is 14.0. The molecule has 1 N–H and O–H groups in total. The minimum atomic E-state index is -0.122. The molecule has 0 radical (unpaired) electrons. The van der Waals surface area contributed by atoms with Crippen molar-refractivity contribution in [2.45, 2.75) is 64.9 Å². The first-order valence-corrected chi connectivity index (χ1v) is 11.4. The highest BCUT2D eigenvalue weighted by atomic mass is 16.3. The molecular formula is C25H31N3O. The van der Waals surface area contributed by atoms with E-state index >= 15 is 0 Å². The van der Waals surface area contributed by atoms with Crippen molar-refractivity contribution in [2.24, 2.45) is 28.6 Å². The fraction of sp³-hybridized carbons (Fsp3) is 0.600. The highest BCUT2D eigenvalue weighted by Crippen LogP contribution is 2.66. The number of aliphatic hydroxyl groups excluding tert-OH is 1. The van der Waals surface area contributed by atoms with Crippen molar-refractivity contribution >= 4 is 11.4 Å². The van der Waals surface area contributed by atoms with Gasteiger partial charge in [-0.25, -0.2) is 9.97 Å². The summed E-state index contributed by atoms with van der Waals surface area (Å²) in [5.74, 6) is 3.02. The van der Waals surface area contributed by atoms with Crippen molar-refractivity contribution in [1.29, 1.82) is 0 Å². The van der Waals surface area contributed by atoms with Crippen LogP contribution in [0.15, 0.2) is 42.4 Å². The molecule has 2 aromatic heterocycles. The maximum absolute atomic E-state index is 10.2. The second kappa shape index (κ2) is 6.04. The predicted octanol–water partition coefficient (Wildman–Crippen LogP) is 5.05. The van der Waals surface area contributed by atoms with Crippen molar-refractivity contribution in [1.82, 2.24) is 14.4 Å². The Labute approximate surface area is 172 Å². The normalized spacial score (nSPS) is 41.3. The second-order valence-electron chi connectivity index (χ2n) is 10.4. The van der Waals surface area contributed by atoms with Crippen LogP contribution in [-0.2, 0) is 0 Å². The van der Waals surface area contributed by atoms with E-state index in [9.17, 15) is 5.11 Å². The van der Waals surface area contributed by atoms with E-state index in [1.54, 1.807) is 5.57 Å². The Balaban J connectivity index is 1.36. The first-order valence-electron chi connectivity index (χ1n) is 11.4. The Hall–Kier alpha value is -1.94. The van der Waals surface area contributed by atoms with Crippen LogP contribution in [0.4, 0.5) is 0 Å². The van der Waals surface area contributed by atoms with Crippen molar-refractivity contribution in [3.05, 3.63) is 48.1 Å². The van der Waals surface area contributed by atoms with E-state index < -0.39 is 0 Å². The van der Waals surface area contributed by atoms with Gasteiger partial charge in [-0.2, -0.15) is 0 Å². The van der Waals surface area contributed by atoms with E-state index in [1.807, 2.05) is 18.5 Å². The van der Waals surface area contributed by atoms with Crippen LogP contribution in [0.5, 0.6) is 0 Å². The fourth-order valence-corrected chi connectivity index (χ4v) is 7.63. The minimum Gasteiger partial charge on any atom is -0.393 e. The molecule has 0 spiro atoms. The van der Waals surface area contributed by atoms with E-state index in [4.69, 9.17) is 0 Å². The number of hydrogen-bond acceptors (Lipinski definition) is 3. The summed E-state index contributed by atoms with van der Waals surface area (Å²) >= 11 is 0. The maximum atomic E-state index is 10.2. The van der Waals surface area contributed by atoms with Crippen LogP contribution < -0.4 is 0 Å². The first kappa shape index (κ1) is 17.9. The Kier molecular flexibility index (Phi) is 3.72. The highest BCUT2D eigenvalue weighted by Gasteiger charge is 2.57. The number of nitrogens with zero attached hydrogens (tertiary/aromatic N) is 3. The van der Waals surface area contributed by atoms with Crippen LogP contribution in [0.3, 0.4) is 0 Å². The molecule has 2 aromatic rings. The Bertz CT molecular complexity index is 1040. The van der Waals surface area contributed by atoms with Crippen LogP contribution in [0.1, 0.15) is 64.5 Å². The van der Waals surface area contributed by atoms with Gasteiger partial charge in [0.15, 0.2) is 0 Å². The number of imidazole rings is 1. The number of rotatable bonds is 1. The molecular weight excluding hydrogens is 358 g/mol. The van der Waals surface area contributed by atoms with Gasteiger partial charge in [-0.3, -0.25) is 4.40 Å². The second-order valence-corrected chi connectivity index (χ2v) is 10.4. The average Bonchev–Trinajstić information content (AvgIpc) is 3.29. The van der Waals surface area contributed by atoms with E-state index in [0.29, 0.717) is 11.3 Å². The lowest BCUT2D eigenvalue weighted by molar-refractivity contribution is -0.0238. The summed E-state index contributed by atoms with van der Waals surface area (Å²) in [4.78, 5) is 8.99. The van der Waals surface area contributed by atoms with E-state index in [2.05, 4.69) is 46.6 Å². The topological polar surface area (TPSA) is 50.4 Å². The van der Waals surface area contributed by atoms with Gasteiger partial charge in [0.05, 0.1) is 18.0 Å². The van der Waals surface area contributed by atoms with Gasteiger partial charge in [0.25, 0.3) is 0 Å². The molecule has 2 heterocycles. The summed E-state index contributed by atoms with van der Waals surface area (Å²) in [6.07, 6.45) is 18.8. The predicted molar refractivity (Wildman–Crippen MR) is 114 cm³/mol. The smallest absolute Gasteiger partial charge is 0.234 e. The molecule has 29 heavy (non-hydrogen) atoms. The lowest BCUT2D eigenvalue weighted by Gasteiger charge is -2.57. The highest BCUT2D eigenvalue weighted by molar-refractivity contribution is 5.72. The monoisotopic (exact) mass is 389 g/mol. The summed E-state index contributed by atoms with van der Waals surface area (Å²) in [5.41, 5.74) is 4.80. The third kappa shape index (κ3) is 2.35. The summed E-state index contributed by atoms with van der Waals surface area (Å²) in [7, 11) is 0. The van der Waals surface area contributed by atoms with Crippen molar-refractivity contribution < 1.29 is 5.11 Å². The molecule has 2 saturated carbocycles. The minimum absolute atomic E-state index is 0.122. The third-order valence-corrected chi connectivity index (χ3v) is 9.22. The van der Waals surface area contributed by atoms with E-state index in [0.717, 1.165) is 36.9 Å². The molecule has 0 aromatic carbocycles. The van der Waals surface area contributed by atoms with Gasteiger partial charge in [0, 0.05) is 12.4 Å². The molecule has 4 unspecified atom stereocenters. The molecule has 0 amide bonds. The summed E-state index contributed by atoms with van der Waals surface area (Å²) < 4.78 is 2.16. The molecule has 4 aliphatic rings. The number of fused-ring (bicyclic) bond motifs is 6. The zero-order chi connectivity index (χ0) is 19.8. The Morgan fingerprint density at radius 3 is 2.79 bits per heavy atom. The summed E-state index contributed by atoms with van der Waals surface area (Å²) in [6, 6.07) is 2.00. The average molecular weight is 390 g/mol. The molecule has 4 heteroatoms. The van der Waals surface area contributed by atoms with Gasteiger partial charge in [0.2, 0.25) is 5.78 Å². The van der Waals surface area contributed by atoms with Gasteiger partial charge >= 0.3 is 0 Å². The third-order valence-electron chi connectivity index (χ3n) is 9.22. The molecule has 6 atom stereocenters. The zero-order valence-corrected chi connectivity index (χ0v) is 17.5. The summed E-state index contributed by atoms with van der Waals surface area (Å²) in [5, 5.41) is 10.2. The van der Waals surface area contributed by atoms with E-state index in [-0.39, 0.29) is 11.5 Å². The van der Waals surface area contributed by atoms with Crippen LogP contribution in [0.25, 0.3) is 11.4 Å². The van der Waals surface area contributed by atoms with E-state index in [1.165, 1.54) is 37.0 Å². The Morgan fingerprint density at radius 1 is 1.03 bits per heavy atom. The lowest BCUT2D eigenvalue weighted by atomic mass is 9.47. The van der Waals surface area contributed by atoms with Crippen molar-refractivity contribution in [3.63, 3.8) is 0 Å². The van der Waals surface area contributed by atoms with Crippen LogP contribution in [0, 0.1) is 28.6 Å². The number of allylic oxidation sites excluding steroid dienone is 3. The molecule has 4 aliphatic carbocycles. The van der Waals surface area contributed by atoms with Crippen molar-refractivity contribution in [2.75, 3.05) is 0 Å². The van der Waals surface area contributed by atoms with Crippen molar-refractivity contribution in [3.8, 4) is 0 Å². The number of aliphatic hydroxyl groups is 1. The van der Waals surface area contributed by atoms with Crippen LogP contribution >= 0.6 is 0 Å². The number of aromatic nitrogens is 3. The standard InChI is InChI=1S/C25H31N3O/c1-24-10-8-17(29)14-16(24)4-5-18-19-6-7-21(25(19,2)11-9-20(18)24)22-15-27-23-26-12-3-13-28(22)23/h3-4,7,12-13,15,17-20,29H,5-6,8-11,14H2,1-2H3/t17-,18?,19?,20?,24-,25?/m0/s1. The summed E-state index contributed by atoms with van der Waals surface area (Å²) in [6.45, 7) is 5.01. The van der Waals surface area contributed by atoms with Gasteiger partial charge in [-0.05, 0) is 85.2 Å². The van der Waals surface area contributed by atoms with Crippen LogP contribution in [0.2, 0.25) is 0 Å². The van der Waals surface area contributed by atoms with Gasteiger partial charge in [-0.1, -0.05) is 31.6 Å². The molecule has 0 bridgehead atoms. The zero-order valence-electron chi connectivity index (χ0n) is 17.5. The van der Waals surface area contributed by atoms with Gasteiger partial charge in [-0.15, -0.1) is 0 Å².